The van der Waals surface area contributed by atoms with Crippen molar-refractivity contribution in [3.63, 3.8) is 0 Å². The molecule has 0 spiro atoms. The third-order valence-corrected chi connectivity index (χ3v) is 7.51. The van der Waals surface area contributed by atoms with Gasteiger partial charge in [0.05, 0.1) is 0 Å². The van der Waals surface area contributed by atoms with Crippen LogP contribution < -0.4 is 4.74 Å². The molecule has 0 unspecified atom stereocenters. The molecule has 1 atom stereocenters. The van der Waals surface area contributed by atoms with Gasteiger partial charge in [0.1, 0.15) is 40.4 Å². The number of unbranched alkanes of at least 4 members (excludes halogenated alkanes) is 2. The molecular formula is C34H24F10N2O. The molecule has 3 nitrogen and oxygen atoms in total. The fourth-order valence-corrected chi connectivity index (χ4v) is 5.20. The minimum Gasteiger partial charge on any atom is -0.429 e. The first kappa shape index (κ1) is 33.7. The number of aromatic nitrogens is 2. The number of allylic oxidation sites excluding steroid dienone is 4. The highest BCUT2D eigenvalue weighted by Crippen LogP contribution is 2.43. The molecule has 0 N–H and O–H groups in total. The van der Waals surface area contributed by atoms with Crippen molar-refractivity contribution in [1.82, 2.24) is 9.97 Å². The number of hydrogen-bond donors (Lipinski definition) is 0. The molecule has 1 aliphatic carbocycles. The molecule has 4 aromatic rings. The van der Waals surface area contributed by atoms with E-state index in [1.165, 1.54) is 12.4 Å². The van der Waals surface area contributed by atoms with Crippen molar-refractivity contribution >= 4 is 5.57 Å². The summed E-state index contributed by atoms with van der Waals surface area (Å²) in [4.78, 5) is 8.12. The highest BCUT2D eigenvalue weighted by Gasteiger charge is 2.41. The van der Waals surface area contributed by atoms with Crippen LogP contribution >= 0.6 is 0 Å². The smallest absolute Gasteiger partial charge is 0.429 e. The lowest BCUT2D eigenvalue weighted by atomic mass is 9.86. The van der Waals surface area contributed by atoms with E-state index in [-0.39, 0.29) is 17.0 Å². The summed E-state index contributed by atoms with van der Waals surface area (Å²) in [5, 5.41) is 0. The lowest BCUT2D eigenvalue weighted by molar-refractivity contribution is -0.189. The summed E-state index contributed by atoms with van der Waals surface area (Å²) in [5.74, 6) is -14.7. The average Bonchev–Trinajstić information content (AvgIpc) is 2.99. The van der Waals surface area contributed by atoms with E-state index in [0.29, 0.717) is 36.8 Å². The molecule has 5 rings (SSSR count). The quantitative estimate of drug-likeness (QED) is 0.0960. The monoisotopic (exact) mass is 666 g/mol. The van der Waals surface area contributed by atoms with Crippen molar-refractivity contribution < 1.29 is 48.6 Å². The van der Waals surface area contributed by atoms with Crippen LogP contribution in [0, 0.1) is 34.9 Å². The van der Waals surface area contributed by atoms with Gasteiger partial charge in [0.2, 0.25) is 0 Å². The second kappa shape index (κ2) is 13.6. The summed E-state index contributed by atoms with van der Waals surface area (Å²) in [6, 6.07) is 4.14. The Morgan fingerprint density at radius 1 is 0.766 bits per heavy atom. The first-order valence-corrected chi connectivity index (χ1v) is 14.4. The van der Waals surface area contributed by atoms with Gasteiger partial charge in [-0.2, -0.15) is 8.78 Å². The Hall–Kier alpha value is -4.68. The first-order chi connectivity index (χ1) is 22.3. The molecule has 1 heterocycles. The molecule has 3 aromatic carbocycles. The van der Waals surface area contributed by atoms with E-state index in [1.807, 2.05) is 6.92 Å². The highest BCUT2D eigenvalue weighted by molar-refractivity contribution is 5.80. The van der Waals surface area contributed by atoms with Crippen LogP contribution in [0.2, 0.25) is 0 Å². The maximum atomic E-state index is 15.0. The summed E-state index contributed by atoms with van der Waals surface area (Å²) in [6.45, 7) is 2.04. The second-order valence-electron chi connectivity index (χ2n) is 10.8. The zero-order chi connectivity index (χ0) is 34.0. The summed E-state index contributed by atoms with van der Waals surface area (Å²) in [7, 11) is 0. The van der Waals surface area contributed by atoms with Gasteiger partial charge in [-0.3, -0.25) is 0 Å². The normalized spacial score (nSPS) is 15.2. The molecule has 1 aromatic heterocycles. The van der Waals surface area contributed by atoms with Gasteiger partial charge in [0.15, 0.2) is 23.3 Å². The summed E-state index contributed by atoms with van der Waals surface area (Å²) < 4.78 is 150. The van der Waals surface area contributed by atoms with Gasteiger partial charge >= 0.3 is 6.11 Å². The van der Waals surface area contributed by atoms with E-state index in [1.54, 1.807) is 0 Å². The van der Waals surface area contributed by atoms with Crippen LogP contribution in [0.3, 0.4) is 0 Å². The molecule has 246 valence electrons. The van der Waals surface area contributed by atoms with E-state index in [0.717, 1.165) is 43.0 Å². The van der Waals surface area contributed by atoms with Gasteiger partial charge < -0.3 is 4.74 Å². The van der Waals surface area contributed by atoms with Crippen LogP contribution in [0.5, 0.6) is 5.75 Å². The van der Waals surface area contributed by atoms with Crippen molar-refractivity contribution in [2.24, 2.45) is 0 Å². The van der Waals surface area contributed by atoms with Gasteiger partial charge in [0, 0.05) is 41.9 Å². The van der Waals surface area contributed by atoms with Gasteiger partial charge in [-0.15, -0.1) is 0 Å². The number of halogens is 10. The third-order valence-electron chi connectivity index (χ3n) is 7.51. The van der Waals surface area contributed by atoms with E-state index in [2.05, 4.69) is 14.7 Å². The Balaban J connectivity index is 1.33. The van der Waals surface area contributed by atoms with E-state index in [4.69, 9.17) is 0 Å². The summed E-state index contributed by atoms with van der Waals surface area (Å²) in [5.41, 5.74) is -3.03. The van der Waals surface area contributed by atoms with E-state index < -0.39 is 87.5 Å². The van der Waals surface area contributed by atoms with Crippen LogP contribution in [0.15, 0.2) is 72.6 Å². The number of alkyl halides is 2. The van der Waals surface area contributed by atoms with Crippen molar-refractivity contribution in [3.8, 4) is 17.1 Å². The number of rotatable bonds is 10. The molecule has 0 bridgehead atoms. The minimum absolute atomic E-state index is 0.0981. The lowest BCUT2D eigenvalue weighted by Gasteiger charge is -2.22. The van der Waals surface area contributed by atoms with Crippen LogP contribution in [0.1, 0.15) is 60.8 Å². The number of nitrogens with zero attached hydrogens (tertiary/aromatic N) is 2. The van der Waals surface area contributed by atoms with Crippen molar-refractivity contribution in [2.75, 3.05) is 0 Å². The average molecular weight is 667 g/mol. The molecule has 0 aliphatic heterocycles. The molecule has 1 aliphatic rings. The Morgan fingerprint density at radius 2 is 1.38 bits per heavy atom. The van der Waals surface area contributed by atoms with Crippen molar-refractivity contribution in [3.05, 3.63) is 130 Å². The van der Waals surface area contributed by atoms with Crippen LogP contribution in [-0.2, 0) is 12.5 Å². The molecule has 13 heteroatoms. The predicted molar refractivity (Wildman–Crippen MR) is 152 cm³/mol. The summed E-state index contributed by atoms with van der Waals surface area (Å²) >= 11 is 0. The number of benzene rings is 3. The zero-order valence-corrected chi connectivity index (χ0v) is 24.5. The fourth-order valence-electron chi connectivity index (χ4n) is 5.20. The highest BCUT2D eigenvalue weighted by atomic mass is 19.3. The zero-order valence-electron chi connectivity index (χ0n) is 24.5. The molecule has 0 saturated carbocycles. The predicted octanol–water partition coefficient (Wildman–Crippen LogP) is 10.6. The fraction of sp³-hybridized carbons (Fsp3) is 0.235. The SMILES string of the molecule is CCCCCc1cnc(-c2cc(F)c(C(F)(F)Oc3ccc([C@H]4C=C(F)C(c5cc(F)c(F)c(F)c5)=C(F)C4)c(F)c3)c(F)c2)nc1. The molecule has 0 saturated heterocycles. The number of ether oxygens (including phenoxy) is 1. The van der Waals surface area contributed by atoms with Crippen LogP contribution in [-0.4, -0.2) is 9.97 Å². The number of hydrogen-bond acceptors (Lipinski definition) is 3. The lowest BCUT2D eigenvalue weighted by Crippen LogP contribution is -2.25. The van der Waals surface area contributed by atoms with Gasteiger partial charge in [-0.1, -0.05) is 25.8 Å². The maximum absolute atomic E-state index is 15.0. The Kier molecular flexibility index (Phi) is 9.73. The molecule has 0 amide bonds. The third kappa shape index (κ3) is 7.18. The number of aryl methyl sites for hydroxylation is 1. The standard InChI is InChI=1S/C34H24F10N2O/c1-2-3-4-5-17-15-45-33(46-16-17)20-12-26(38)31(27(39)13-20)34(43,44)47-21-6-7-22(23(35)14-21)18-8-24(36)30(25(37)9-18)19-10-28(40)32(42)29(41)11-19/h6-8,10-16,18H,2-5,9H2,1H3/t18-/m0/s1. The van der Waals surface area contributed by atoms with Gasteiger partial charge in [0.25, 0.3) is 0 Å². The van der Waals surface area contributed by atoms with Crippen LogP contribution in [0.25, 0.3) is 17.0 Å². The minimum atomic E-state index is -4.63. The van der Waals surface area contributed by atoms with Gasteiger partial charge in [-0.05, 0) is 65.9 Å². The Bertz CT molecular complexity index is 1830. The Labute approximate surface area is 262 Å². The van der Waals surface area contributed by atoms with Gasteiger partial charge in [-0.25, -0.2) is 45.1 Å². The van der Waals surface area contributed by atoms with E-state index in [9.17, 15) is 30.7 Å². The second-order valence-corrected chi connectivity index (χ2v) is 10.8. The van der Waals surface area contributed by atoms with Crippen molar-refractivity contribution in [1.29, 1.82) is 0 Å². The molecular weight excluding hydrogens is 642 g/mol. The Morgan fingerprint density at radius 3 is 1.96 bits per heavy atom. The van der Waals surface area contributed by atoms with Crippen LogP contribution in [0.4, 0.5) is 43.9 Å². The molecule has 0 fully saturated rings. The topological polar surface area (TPSA) is 35.0 Å². The first-order valence-electron chi connectivity index (χ1n) is 14.4. The van der Waals surface area contributed by atoms with E-state index >= 15 is 13.2 Å². The maximum Gasteiger partial charge on any atom is 0.432 e. The summed E-state index contributed by atoms with van der Waals surface area (Å²) in [6.07, 6.45) is 1.96. The molecule has 0 radical (unpaired) electrons. The largest absolute Gasteiger partial charge is 0.432 e. The molecule has 47 heavy (non-hydrogen) atoms. The van der Waals surface area contributed by atoms with Crippen molar-refractivity contribution in [2.45, 2.75) is 51.1 Å².